The summed E-state index contributed by atoms with van der Waals surface area (Å²) in [6.07, 6.45) is 2.13. The minimum Gasteiger partial charge on any atom is -0.497 e. The summed E-state index contributed by atoms with van der Waals surface area (Å²) in [6, 6.07) is 7.25. The molecule has 2 amide bonds. The molecular formula is C23H30N4O3. The van der Waals surface area contributed by atoms with Gasteiger partial charge in [0.15, 0.2) is 0 Å². The number of likely N-dealkylation sites (N-methyl/N-ethyl adjacent to an activating group) is 1. The van der Waals surface area contributed by atoms with Gasteiger partial charge in [0.05, 0.1) is 13.5 Å². The predicted octanol–water partition coefficient (Wildman–Crippen LogP) is 2.80. The van der Waals surface area contributed by atoms with Gasteiger partial charge in [0, 0.05) is 48.1 Å². The average molecular weight is 411 g/mol. The number of hydrogen-bond donors (Lipinski definition) is 1. The van der Waals surface area contributed by atoms with Gasteiger partial charge >= 0.3 is 0 Å². The molecule has 2 heterocycles. The molecule has 7 nitrogen and oxygen atoms in total. The van der Waals surface area contributed by atoms with Crippen molar-refractivity contribution in [3.8, 4) is 5.75 Å². The van der Waals surface area contributed by atoms with Gasteiger partial charge in [-0.3, -0.25) is 9.59 Å². The molecule has 30 heavy (non-hydrogen) atoms. The molecule has 1 aliphatic rings. The maximum Gasteiger partial charge on any atom is 0.254 e. The Morgan fingerprint density at radius 1 is 1.23 bits per heavy atom. The zero-order chi connectivity index (χ0) is 21.7. The number of ether oxygens (including phenoxy) is 1. The van der Waals surface area contributed by atoms with Crippen molar-refractivity contribution in [2.24, 2.45) is 0 Å². The number of aromatic nitrogens is 2. The molecule has 1 atom stereocenters. The lowest BCUT2D eigenvalue weighted by Crippen LogP contribution is -2.39. The van der Waals surface area contributed by atoms with Crippen LogP contribution >= 0.6 is 0 Å². The first kappa shape index (κ1) is 21.7. The van der Waals surface area contributed by atoms with E-state index in [9.17, 15) is 9.59 Å². The second-order valence-corrected chi connectivity index (χ2v) is 7.68. The van der Waals surface area contributed by atoms with Gasteiger partial charge in [-0.2, -0.15) is 0 Å². The van der Waals surface area contributed by atoms with Crippen LogP contribution in [0.25, 0.3) is 0 Å². The fourth-order valence-electron chi connectivity index (χ4n) is 3.94. The van der Waals surface area contributed by atoms with Crippen molar-refractivity contribution in [2.75, 3.05) is 26.7 Å². The van der Waals surface area contributed by atoms with E-state index in [0.717, 1.165) is 42.2 Å². The molecule has 0 radical (unpaired) electrons. The molecule has 2 aromatic rings. The van der Waals surface area contributed by atoms with Crippen molar-refractivity contribution in [2.45, 2.75) is 46.0 Å². The largest absolute Gasteiger partial charge is 0.497 e. The summed E-state index contributed by atoms with van der Waals surface area (Å²) in [5.74, 6) is 1.50. The highest BCUT2D eigenvalue weighted by atomic mass is 16.5. The topological polar surface area (TPSA) is 84.4 Å². The molecule has 3 rings (SSSR count). The number of nitrogens with one attached hydrogen (secondary N) is 1. The van der Waals surface area contributed by atoms with E-state index in [4.69, 9.17) is 14.7 Å². The van der Waals surface area contributed by atoms with E-state index in [1.165, 1.54) is 0 Å². The molecule has 1 fully saturated rings. The smallest absolute Gasteiger partial charge is 0.254 e. The Hall–Kier alpha value is -2.96. The van der Waals surface area contributed by atoms with Crippen LogP contribution in [0.1, 0.15) is 58.8 Å². The van der Waals surface area contributed by atoms with Gasteiger partial charge in [-0.05, 0) is 51.8 Å². The number of rotatable bonds is 6. The zero-order valence-corrected chi connectivity index (χ0v) is 18.2. The van der Waals surface area contributed by atoms with E-state index < -0.39 is 0 Å². The molecule has 1 aromatic heterocycles. The second-order valence-electron chi connectivity index (χ2n) is 7.68. The van der Waals surface area contributed by atoms with E-state index in [1.54, 1.807) is 13.2 Å². The molecule has 1 N–H and O–H groups in total. The molecule has 160 valence electrons. The van der Waals surface area contributed by atoms with Crippen LogP contribution in [0, 0.1) is 13.8 Å². The van der Waals surface area contributed by atoms with Gasteiger partial charge in [-0.15, -0.1) is 0 Å². The van der Waals surface area contributed by atoms with Crippen molar-refractivity contribution >= 4 is 11.8 Å². The van der Waals surface area contributed by atoms with Gasteiger partial charge < -0.3 is 15.0 Å². The normalized spacial score (nSPS) is 16.3. The van der Waals surface area contributed by atoms with E-state index in [-0.39, 0.29) is 24.2 Å². The third-order valence-electron chi connectivity index (χ3n) is 5.54. The summed E-state index contributed by atoms with van der Waals surface area (Å²) in [4.78, 5) is 36.3. The Morgan fingerprint density at radius 3 is 2.63 bits per heavy atom. The van der Waals surface area contributed by atoms with Crippen LogP contribution in [0.5, 0.6) is 5.75 Å². The first-order chi connectivity index (χ1) is 14.4. The Morgan fingerprint density at radius 2 is 1.97 bits per heavy atom. The molecular weight excluding hydrogens is 380 g/mol. The van der Waals surface area contributed by atoms with Gasteiger partial charge in [0.25, 0.3) is 5.91 Å². The maximum absolute atomic E-state index is 13.0. The number of methoxy groups -OCH3 is 1. The molecule has 1 saturated heterocycles. The van der Waals surface area contributed by atoms with Crippen LogP contribution < -0.4 is 10.1 Å². The fourth-order valence-corrected chi connectivity index (χ4v) is 3.94. The van der Waals surface area contributed by atoms with Crippen molar-refractivity contribution in [1.29, 1.82) is 0 Å². The lowest BCUT2D eigenvalue weighted by Gasteiger charge is -2.32. The summed E-state index contributed by atoms with van der Waals surface area (Å²) in [6.45, 7) is 7.67. The monoisotopic (exact) mass is 410 g/mol. The number of benzene rings is 1. The van der Waals surface area contributed by atoms with Gasteiger partial charge in [0.2, 0.25) is 5.91 Å². The van der Waals surface area contributed by atoms with Crippen molar-refractivity contribution < 1.29 is 14.3 Å². The van der Waals surface area contributed by atoms with E-state index in [2.05, 4.69) is 5.32 Å². The minimum atomic E-state index is -0.0206. The lowest BCUT2D eigenvalue weighted by atomic mass is 9.95. The Labute approximate surface area is 177 Å². The van der Waals surface area contributed by atoms with Gasteiger partial charge in [0.1, 0.15) is 11.6 Å². The number of amides is 2. The number of likely N-dealkylation sites (tertiary alicyclic amines) is 1. The van der Waals surface area contributed by atoms with Crippen LogP contribution in [-0.4, -0.2) is 53.4 Å². The fraction of sp³-hybridized carbons (Fsp3) is 0.478. The standard InChI is InChI=1S/C23H30N4O3/c1-5-24-21(28)13-20-15(2)25-22(26-16(20)3)18-9-7-11-27(14-18)23(29)17-8-6-10-19(12-17)30-4/h6,8,10,12,18H,5,7,9,11,13-14H2,1-4H3,(H,24,28)/t18-/m1/s1. The minimum absolute atomic E-state index is 0.0000919. The van der Waals surface area contributed by atoms with Crippen LogP contribution in [0.4, 0.5) is 0 Å². The van der Waals surface area contributed by atoms with Gasteiger partial charge in [-0.1, -0.05) is 6.07 Å². The first-order valence-electron chi connectivity index (χ1n) is 10.5. The number of carbonyl (C=O) groups is 2. The van der Waals surface area contributed by atoms with Crippen molar-refractivity contribution in [3.05, 3.63) is 52.6 Å². The van der Waals surface area contributed by atoms with E-state index in [0.29, 0.717) is 24.4 Å². The Bertz CT molecular complexity index is 905. The summed E-state index contributed by atoms with van der Waals surface area (Å²) >= 11 is 0. The molecule has 0 saturated carbocycles. The average Bonchev–Trinajstić information content (AvgIpc) is 2.76. The van der Waals surface area contributed by atoms with Crippen LogP contribution in [-0.2, 0) is 11.2 Å². The first-order valence-corrected chi connectivity index (χ1v) is 10.5. The number of hydrogen-bond acceptors (Lipinski definition) is 5. The number of nitrogens with zero attached hydrogens (tertiary/aromatic N) is 3. The molecule has 0 spiro atoms. The summed E-state index contributed by atoms with van der Waals surface area (Å²) in [5.41, 5.74) is 3.17. The molecule has 1 aromatic carbocycles. The summed E-state index contributed by atoms with van der Waals surface area (Å²) < 4.78 is 5.24. The van der Waals surface area contributed by atoms with Crippen LogP contribution in [0.2, 0.25) is 0 Å². The predicted molar refractivity (Wildman–Crippen MR) is 115 cm³/mol. The maximum atomic E-state index is 13.0. The molecule has 0 aliphatic carbocycles. The second kappa shape index (κ2) is 9.69. The highest BCUT2D eigenvalue weighted by molar-refractivity contribution is 5.94. The number of carbonyl (C=O) groups excluding carboxylic acids is 2. The SMILES string of the molecule is CCNC(=O)Cc1c(C)nc([C@@H]2CCCN(C(=O)c3cccc(OC)c3)C2)nc1C. The van der Waals surface area contributed by atoms with E-state index in [1.807, 2.05) is 43.9 Å². The van der Waals surface area contributed by atoms with Gasteiger partial charge in [-0.25, -0.2) is 9.97 Å². The zero-order valence-electron chi connectivity index (χ0n) is 18.2. The van der Waals surface area contributed by atoms with Crippen molar-refractivity contribution in [3.63, 3.8) is 0 Å². The van der Waals surface area contributed by atoms with E-state index >= 15 is 0 Å². The van der Waals surface area contributed by atoms with Crippen molar-refractivity contribution in [1.82, 2.24) is 20.2 Å². The molecule has 1 aliphatic heterocycles. The number of aryl methyl sites for hydroxylation is 2. The highest BCUT2D eigenvalue weighted by Gasteiger charge is 2.28. The lowest BCUT2D eigenvalue weighted by molar-refractivity contribution is -0.120. The molecule has 0 unspecified atom stereocenters. The Balaban J connectivity index is 1.76. The third-order valence-corrected chi connectivity index (χ3v) is 5.54. The molecule has 0 bridgehead atoms. The number of piperidine rings is 1. The van der Waals surface area contributed by atoms with Crippen LogP contribution in [0.3, 0.4) is 0 Å². The third kappa shape index (κ3) is 4.96. The summed E-state index contributed by atoms with van der Waals surface area (Å²) in [7, 11) is 1.60. The quantitative estimate of drug-likeness (QED) is 0.792. The summed E-state index contributed by atoms with van der Waals surface area (Å²) in [5, 5.41) is 2.82. The highest BCUT2D eigenvalue weighted by Crippen LogP contribution is 2.27. The molecule has 7 heteroatoms. The Kier molecular flexibility index (Phi) is 7.03. The van der Waals surface area contributed by atoms with Crippen LogP contribution in [0.15, 0.2) is 24.3 Å².